The number of carbonyl (C=O) groups is 2. The number of nitrogens with zero attached hydrogens (tertiary/aromatic N) is 1. The molecule has 0 aromatic rings. The van der Waals surface area contributed by atoms with Crippen molar-refractivity contribution in [3.05, 3.63) is 0 Å². The Hall–Kier alpha value is -1.45. The summed E-state index contributed by atoms with van der Waals surface area (Å²) in [5.41, 5.74) is 2.90. The average Bonchev–Trinajstić information content (AvgIpc) is 3.12. The molecular weight excluding hydrogens is 479 g/mol. The molecule has 2 aliphatic rings. The Kier molecular flexibility index (Phi) is 8.94. The number of nitrogens with one attached hydrogen (secondary N) is 2. The second kappa shape index (κ2) is 10.5. The Morgan fingerprint density at radius 1 is 1.17 bits per heavy atom. The quantitative estimate of drug-likeness (QED) is 0.242. The van der Waals surface area contributed by atoms with E-state index in [1.165, 1.54) is 0 Å². The van der Waals surface area contributed by atoms with Gasteiger partial charge in [0.1, 0.15) is 11.1 Å². The van der Waals surface area contributed by atoms with Crippen LogP contribution in [0.3, 0.4) is 0 Å². The highest BCUT2D eigenvalue weighted by molar-refractivity contribution is 7.87. The van der Waals surface area contributed by atoms with Gasteiger partial charge < -0.3 is 30.2 Å². The lowest BCUT2D eigenvalue weighted by Crippen LogP contribution is -2.55. The van der Waals surface area contributed by atoms with Crippen LogP contribution >= 0.6 is 0 Å². The van der Waals surface area contributed by atoms with Crippen molar-refractivity contribution >= 4 is 29.4 Å². The second-order valence-electron chi connectivity index (χ2n) is 11.3. The van der Waals surface area contributed by atoms with Crippen molar-refractivity contribution < 1.29 is 37.2 Å². The van der Waals surface area contributed by atoms with Gasteiger partial charge in [0.15, 0.2) is 0 Å². The molecule has 5 N–H and O–H groups in total. The van der Waals surface area contributed by atoms with E-state index >= 15 is 0 Å². The van der Waals surface area contributed by atoms with Crippen LogP contribution in [0.15, 0.2) is 0 Å². The average molecular weight is 520 g/mol. The first-order valence-electron chi connectivity index (χ1n) is 11.9. The van der Waals surface area contributed by atoms with Crippen LogP contribution in [0.4, 0.5) is 4.79 Å². The number of carboxylic acid groups (broad SMARTS) is 1. The second-order valence-corrected chi connectivity index (χ2v) is 13.0. The molecule has 0 aromatic heterocycles. The summed E-state index contributed by atoms with van der Waals surface area (Å²) in [4.78, 5) is 23.7. The van der Waals surface area contributed by atoms with Crippen molar-refractivity contribution in [1.29, 1.82) is 0 Å². The molecule has 0 saturated carbocycles. The maximum absolute atomic E-state index is 12.8. The highest BCUT2D eigenvalue weighted by atomic mass is 32.2. The fraction of sp³-hybridized carbons (Fsp3) is 0.905. The summed E-state index contributed by atoms with van der Waals surface area (Å²) >= 11 is 0. The van der Waals surface area contributed by atoms with Gasteiger partial charge in [-0.3, -0.25) is 4.79 Å². The van der Waals surface area contributed by atoms with Crippen LogP contribution in [-0.2, 0) is 29.0 Å². The number of hydrogen-bond acceptors (Lipinski definition) is 8. The molecule has 2 saturated heterocycles. The van der Waals surface area contributed by atoms with Gasteiger partial charge in [-0.05, 0) is 61.2 Å². The summed E-state index contributed by atoms with van der Waals surface area (Å²) in [6, 6.07) is 0. The van der Waals surface area contributed by atoms with Crippen LogP contribution in [0.1, 0.15) is 61.3 Å². The van der Waals surface area contributed by atoms with Gasteiger partial charge in [0.2, 0.25) is 0 Å². The first-order chi connectivity index (χ1) is 15.8. The van der Waals surface area contributed by atoms with E-state index in [4.69, 9.17) is 19.8 Å². The summed E-state index contributed by atoms with van der Waals surface area (Å²) < 4.78 is 46.0. The molecule has 2 heterocycles. The first kappa shape index (κ1) is 29.8. The Morgan fingerprint density at radius 2 is 1.74 bits per heavy atom. The molecule has 0 aliphatic carbocycles. The van der Waals surface area contributed by atoms with Crippen LogP contribution in [-0.4, -0.2) is 85.5 Å². The van der Waals surface area contributed by atoms with Crippen LogP contribution < -0.4 is 15.8 Å². The minimum atomic E-state index is -4.00. The van der Waals surface area contributed by atoms with Crippen LogP contribution in [0, 0.1) is 5.92 Å². The van der Waals surface area contributed by atoms with Gasteiger partial charge in [0.05, 0.1) is 11.2 Å². The molecule has 0 aromatic carbocycles. The molecule has 202 valence electrons. The number of rotatable bonds is 10. The monoisotopic (exact) mass is 520 g/mol. The van der Waals surface area contributed by atoms with E-state index in [0.717, 1.165) is 4.31 Å². The number of hydrogen-bond donors (Lipinski definition) is 4. The highest BCUT2D eigenvalue weighted by Crippen LogP contribution is 2.39. The minimum Gasteiger partial charge on any atom is -0.480 e. The van der Waals surface area contributed by atoms with Crippen LogP contribution in [0.25, 0.3) is 0 Å². The van der Waals surface area contributed by atoms with Crippen molar-refractivity contribution in [1.82, 2.24) is 14.3 Å². The number of nitrogens with two attached hydrogens (primary N) is 1. The van der Waals surface area contributed by atoms with E-state index in [-0.39, 0.29) is 26.2 Å². The minimum absolute atomic E-state index is 0.00615. The molecule has 0 radical (unpaired) electrons. The Labute approximate surface area is 208 Å². The molecule has 12 nitrogen and oxygen atoms in total. The molecule has 1 amide bonds. The van der Waals surface area contributed by atoms with Crippen molar-refractivity contribution in [2.75, 3.05) is 26.2 Å². The lowest BCUT2D eigenvalue weighted by molar-refractivity contribution is -0.144. The lowest BCUT2D eigenvalue weighted by Gasteiger charge is -2.32. The van der Waals surface area contributed by atoms with E-state index in [2.05, 4.69) is 10.0 Å². The summed E-state index contributed by atoms with van der Waals surface area (Å²) in [5, 5.41) is 12.2. The van der Waals surface area contributed by atoms with Crippen molar-refractivity contribution in [3.63, 3.8) is 0 Å². The molecular formula is C21H41BN4O8S. The molecule has 14 heteroatoms. The maximum atomic E-state index is 12.8. The molecule has 2 aliphatic heterocycles. The molecule has 35 heavy (non-hydrogen) atoms. The Balaban J connectivity index is 1.89. The van der Waals surface area contributed by atoms with Gasteiger partial charge in [0, 0.05) is 32.1 Å². The number of ether oxygens (including phenoxy) is 1. The van der Waals surface area contributed by atoms with E-state index < -0.39 is 57.7 Å². The zero-order chi connectivity index (χ0) is 26.9. The number of amides is 1. The lowest BCUT2D eigenvalue weighted by atomic mass is 9.78. The van der Waals surface area contributed by atoms with Gasteiger partial charge in [0.25, 0.3) is 10.2 Å². The number of carboxylic acids is 1. The number of carbonyl (C=O) groups excluding carboxylic acids is 1. The van der Waals surface area contributed by atoms with Gasteiger partial charge >= 0.3 is 19.2 Å². The van der Waals surface area contributed by atoms with Crippen molar-refractivity contribution in [3.8, 4) is 0 Å². The molecule has 0 unspecified atom stereocenters. The first-order valence-corrected chi connectivity index (χ1v) is 13.3. The summed E-state index contributed by atoms with van der Waals surface area (Å²) in [6.07, 6.45) is 0.848. The predicted molar refractivity (Wildman–Crippen MR) is 131 cm³/mol. The molecule has 2 rings (SSSR count). The normalized spacial score (nSPS) is 26.6. The summed E-state index contributed by atoms with van der Waals surface area (Å²) in [6.45, 7) is 12.5. The maximum Gasteiger partial charge on any atom is 0.457 e. The smallest absolute Gasteiger partial charge is 0.457 e. The van der Waals surface area contributed by atoms with Gasteiger partial charge in [-0.15, -0.1) is 0 Å². The van der Waals surface area contributed by atoms with Crippen LogP contribution in [0.5, 0.6) is 0 Å². The third-order valence-electron chi connectivity index (χ3n) is 6.70. The number of alkyl carbamates (subject to hydrolysis) is 1. The molecule has 2 atom stereocenters. The van der Waals surface area contributed by atoms with Gasteiger partial charge in [-0.2, -0.15) is 12.7 Å². The summed E-state index contributed by atoms with van der Waals surface area (Å²) in [7, 11) is -4.42. The van der Waals surface area contributed by atoms with Crippen molar-refractivity contribution in [2.24, 2.45) is 11.7 Å². The topological polar surface area (TPSA) is 170 Å². The van der Waals surface area contributed by atoms with Gasteiger partial charge in [-0.1, -0.05) is 6.42 Å². The van der Waals surface area contributed by atoms with Gasteiger partial charge in [-0.25, -0.2) is 9.52 Å². The van der Waals surface area contributed by atoms with E-state index in [1.54, 1.807) is 20.8 Å². The zero-order valence-corrected chi connectivity index (χ0v) is 22.7. The molecule has 0 spiro atoms. The fourth-order valence-electron chi connectivity index (χ4n) is 4.03. The Morgan fingerprint density at radius 3 is 2.26 bits per heavy atom. The van der Waals surface area contributed by atoms with E-state index in [0.29, 0.717) is 19.2 Å². The predicted octanol–water partition coefficient (Wildman–Crippen LogP) is 0.932. The van der Waals surface area contributed by atoms with Crippen LogP contribution in [0.2, 0.25) is 6.32 Å². The van der Waals surface area contributed by atoms with E-state index in [9.17, 15) is 23.1 Å². The van der Waals surface area contributed by atoms with Crippen molar-refractivity contribution in [2.45, 2.75) is 90.0 Å². The molecule has 2 fully saturated rings. The Bertz CT molecular complexity index is 876. The largest absolute Gasteiger partial charge is 0.480 e. The highest BCUT2D eigenvalue weighted by Gasteiger charge is 2.53. The standard InChI is InChI=1S/C21H41BN4O8S/c1-18(2,3)32-17(29)24-11-12-25-35(30,31)26-13-15(21(23,14-26)16(27)28)9-8-10-22-33-19(4,5)20(6,7)34-22/h15,25H,8-14,23H2,1-7H3,(H,24,29)(H,27,28)/t15-,21-/m1/s1. The SMILES string of the molecule is CC(C)(C)OC(=O)NCCNS(=O)(=O)N1C[C@@H](CCCB2OC(C)(C)C(C)(C)O2)[C@@](N)(C(=O)O)C1. The molecule has 0 bridgehead atoms. The summed E-state index contributed by atoms with van der Waals surface area (Å²) in [5.74, 6) is -1.83. The third-order valence-corrected chi connectivity index (χ3v) is 8.23. The zero-order valence-electron chi connectivity index (χ0n) is 21.8. The fourth-order valence-corrected chi connectivity index (χ4v) is 5.33. The van der Waals surface area contributed by atoms with E-state index in [1.807, 2.05) is 27.7 Å². The number of aliphatic carboxylic acids is 1. The third kappa shape index (κ3) is 7.52.